The molecule has 4 aliphatic heterocycles. The van der Waals surface area contributed by atoms with E-state index in [1.165, 1.54) is 34.5 Å². The average molecular weight is 996 g/mol. The van der Waals surface area contributed by atoms with Crippen LogP contribution in [0.2, 0.25) is 5.02 Å². The SMILES string of the molecule is CN1CCN(CC2CSc3cc(S(=O)(=O)NC(=O)c4ccc(N5CCN(CC6=C(c7ccc(Cl)cc7)CC(C)(C)CC6)CC5)cc4N4CCCOc5nc6[nH]ccc6cc54)cc([N+](=O)[O-])c3N2)CC1. The molecule has 364 valence electrons. The van der Waals surface area contributed by atoms with Crippen molar-refractivity contribution in [2.24, 2.45) is 5.41 Å². The molecule has 1 amide bonds. The maximum Gasteiger partial charge on any atom is 0.294 e. The maximum absolute atomic E-state index is 14.6. The first-order valence-electron chi connectivity index (χ1n) is 23.8. The Morgan fingerprint density at radius 2 is 1.74 bits per heavy atom. The zero-order valence-electron chi connectivity index (χ0n) is 39.3. The second-order valence-electron chi connectivity index (χ2n) is 19.7. The Kier molecular flexibility index (Phi) is 13.3. The Labute approximate surface area is 412 Å². The molecule has 0 radical (unpaired) electrons. The van der Waals surface area contributed by atoms with Gasteiger partial charge in [0.1, 0.15) is 17.0 Å². The molecule has 2 aromatic heterocycles. The highest BCUT2D eigenvalue weighted by Gasteiger charge is 2.34. The fraction of sp³-hybridized carbons (Fsp3) is 0.440. The number of ether oxygens (including phenoxy) is 1. The second-order valence-corrected chi connectivity index (χ2v) is 22.9. The van der Waals surface area contributed by atoms with Crippen molar-refractivity contribution in [3.8, 4) is 5.88 Å². The van der Waals surface area contributed by atoms with Gasteiger partial charge in [0.15, 0.2) is 0 Å². The summed E-state index contributed by atoms with van der Waals surface area (Å²) in [6, 6.07) is 20.0. The molecule has 0 bridgehead atoms. The van der Waals surface area contributed by atoms with E-state index in [0.717, 1.165) is 100 Å². The molecule has 0 saturated carbocycles. The van der Waals surface area contributed by atoms with Crippen LogP contribution in [0.3, 0.4) is 0 Å². The number of benzene rings is 3. The number of nitro benzene ring substituents is 1. The number of nitrogens with zero attached hydrogens (tertiary/aromatic N) is 7. The lowest BCUT2D eigenvalue weighted by Crippen LogP contribution is -2.49. The van der Waals surface area contributed by atoms with Crippen LogP contribution in [-0.2, 0) is 10.0 Å². The molecule has 5 aliphatic rings. The largest absolute Gasteiger partial charge is 0.476 e. The van der Waals surface area contributed by atoms with Gasteiger partial charge in [-0.05, 0) is 97.8 Å². The lowest BCUT2D eigenvalue weighted by Gasteiger charge is -2.39. The van der Waals surface area contributed by atoms with Crippen molar-refractivity contribution in [3.05, 3.63) is 105 Å². The Balaban J connectivity index is 0.921. The number of hydrogen-bond acceptors (Lipinski definition) is 14. The van der Waals surface area contributed by atoms with Gasteiger partial charge in [-0.3, -0.25) is 24.7 Å². The van der Waals surface area contributed by atoms with Gasteiger partial charge in [-0.2, -0.15) is 4.98 Å². The predicted octanol–water partition coefficient (Wildman–Crippen LogP) is 8.08. The van der Waals surface area contributed by atoms with E-state index in [1.54, 1.807) is 6.07 Å². The molecular formula is C50H59ClN10O6S2. The number of allylic oxidation sites excluding steroid dienone is 1. The maximum atomic E-state index is 14.6. The van der Waals surface area contributed by atoms with Gasteiger partial charge in [0.05, 0.1) is 27.7 Å². The first-order chi connectivity index (χ1) is 33.2. The third kappa shape index (κ3) is 10.3. The number of aromatic amines is 1. The molecule has 2 saturated heterocycles. The summed E-state index contributed by atoms with van der Waals surface area (Å²) in [7, 11) is -2.50. The Morgan fingerprint density at radius 1 is 0.971 bits per heavy atom. The number of piperazine rings is 2. The van der Waals surface area contributed by atoms with Crippen LogP contribution in [0.15, 0.2) is 88.3 Å². The second kappa shape index (κ2) is 19.4. The standard InChI is InChI=1S/C50H59ClN10O6S2/c1-50(2)13-11-35(41(29-50)33-5-7-36(51)8-6-33)30-57-20-22-59(23-21-57)38-9-10-40(42(26-38)60-15-4-24-67-49-44(60)25-34-12-14-52-47(34)54-49)48(62)55-69(65,66)39-27-43(61(63)64)46-45(28-39)68-32-37(53-46)31-58-18-16-56(3)17-19-58/h5-10,12,14,25-28,37,53H,4,11,13,15-24,29-32H2,1-3H3,(H,52,54)(H,55,62). The summed E-state index contributed by atoms with van der Waals surface area (Å²) >= 11 is 7.67. The molecule has 2 fully saturated rings. The summed E-state index contributed by atoms with van der Waals surface area (Å²) in [5.41, 5.74) is 7.14. The number of aromatic nitrogens is 2. The number of rotatable bonds is 11. The van der Waals surface area contributed by atoms with E-state index in [9.17, 15) is 23.3 Å². The zero-order chi connectivity index (χ0) is 48.0. The van der Waals surface area contributed by atoms with Crippen LogP contribution < -0.4 is 24.6 Å². The number of halogens is 1. The summed E-state index contributed by atoms with van der Waals surface area (Å²) in [5.74, 6) is 0.142. The molecule has 1 unspecified atom stereocenters. The van der Waals surface area contributed by atoms with Gasteiger partial charge >= 0.3 is 0 Å². The van der Waals surface area contributed by atoms with Crippen molar-refractivity contribution in [1.82, 2.24) is 29.4 Å². The Bertz CT molecular complexity index is 2910. The van der Waals surface area contributed by atoms with Crippen molar-refractivity contribution < 1.29 is 22.9 Å². The molecule has 69 heavy (non-hydrogen) atoms. The van der Waals surface area contributed by atoms with E-state index in [4.69, 9.17) is 21.3 Å². The normalized spacial score (nSPS) is 20.4. The van der Waals surface area contributed by atoms with Crippen molar-refractivity contribution in [3.63, 3.8) is 0 Å². The minimum atomic E-state index is -4.60. The zero-order valence-corrected chi connectivity index (χ0v) is 41.7. The van der Waals surface area contributed by atoms with Gasteiger partial charge < -0.3 is 29.7 Å². The number of fused-ring (bicyclic) bond motifs is 3. The highest BCUT2D eigenvalue weighted by molar-refractivity contribution is 7.99. The summed E-state index contributed by atoms with van der Waals surface area (Å²) in [6.45, 7) is 14.1. The van der Waals surface area contributed by atoms with E-state index < -0.39 is 20.9 Å². The number of carbonyl (C=O) groups is 1. The lowest BCUT2D eigenvalue weighted by atomic mass is 9.72. The minimum absolute atomic E-state index is 0.0592. The summed E-state index contributed by atoms with van der Waals surface area (Å²) in [5, 5.41) is 17.5. The molecule has 0 spiro atoms. The molecule has 1 aliphatic carbocycles. The first kappa shape index (κ1) is 47.3. The van der Waals surface area contributed by atoms with Crippen LogP contribution in [0.1, 0.15) is 55.5 Å². The molecule has 5 aromatic rings. The number of amides is 1. The fourth-order valence-electron chi connectivity index (χ4n) is 10.3. The summed E-state index contributed by atoms with van der Waals surface area (Å²) in [6.07, 6.45) is 5.63. The number of sulfonamides is 1. The molecule has 1 atom stereocenters. The van der Waals surface area contributed by atoms with Gasteiger partial charge in [0, 0.05) is 117 Å². The van der Waals surface area contributed by atoms with Crippen molar-refractivity contribution in [1.29, 1.82) is 0 Å². The van der Waals surface area contributed by atoms with Gasteiger partial charge in [-0.15, -0.1) is 11.8 Å². The number of hydrogen-bond donors (Lipinski definition) is 3. The van der Waals surface area contributed by atoms with Crippen LogP contribution in [0.5, 0.6) is 5.88 Å². The van der Waals surface area contributed by atoms with Crippen LogP contribution >= 0.6 is 23.4 Å². The van der Waals surface area contributed by atoms with Gasteiger partial charge in [-0.25, -0.2) is 13.1 Å². The van der Waals surface area contributed by atoms with E-state index in [0.29, 0.717) is 65.4 Å². The highest BCUT2D eigenvalue weighted by atomic mass is 35.5. The van der Waals surface area contributed by atoms with Gasteiger partial charge in [0.25, 0.3) is 21.6 Å². The smallest absolute Gasteiger partial charge is 0.294 e. The van der Waals surface area contributed by atoms with Gasteiger partial charge in [-0.1, -0.05) is 43.2 Å². The number of pyridine rings is 1. The molecule has 3 aromatic carbocycles. The molecule has 16 nitrogen and oxygen atoms in total. The minimum Gasteiger partial charge on any atom is -0.476 e. The molecule has 3 N–H and O–H groups in total. The van der Waals surface area contributed by atoms with Crippen LogP contribution in [0, 0.1) is 15.5 Å². The van der Waals surface area contributed by atoms with E-state index in [-0.39, 0.29) is 27.6 Å². The van der Waals surface area contributed by atoms with E-state index in [2.05, 4.69) is 67.7 Å². The number of H-pyrrole nitrogens is 1. The van der Waals surface area contributed by atoms with Crippen LogP contribution in [-0.4, -0.2) is 141 Å². The number of thioether (sulfide) groups is 1. The van der Waals surface area contributed by atoms with E-state index in [1.807, 2.05) is 47.5 Å². The third-order valence-corrected chi connectivity index (χ3v) is 17.0. The number of nitrogens with one attached hydrogen (secondary N) is 3. The Hall–Kier alpha value is -5.37. The quantitative estimate of drug-likeness (QED) is 0.0857. The van der Waals surface area contributed by atoms with Crippen molar-refractivity contribution >= 4 is 84.3 Å². The average Bonchev–Trinajstić information content (AvgIpc) is 3.70. The summed E-state index contributed by atoms with van der Waals surface area (Å²) in [4.78, 5) is 46.0. The topological polar surface area (TPSA) is 173 Å². The number of anilines is 4. The van der Waals surface area contributed by atoms with Crippen molar-refractivity contribution in [2.45, 2.75) is 55.4 Å². The Morgan fingerprint density at radius 3 is 2.51 bits per heavy atom. The number of carbonyl (C=O) groups excluding carboxylic acids is 1. The lowest BCUT2D eigenvalue weighted by molar-refractivity contribution is -0.384. The molecule has 6 heterocycles. The summed E-state index contributed by atoms with van der Waals surface area (Å²) < 4.78 is 37.0. The molecule has 10 rings (SSSR count). The molecular weight excluding hydrogens is 936 g/mol. The van der Waals surface area contributed by atoms with E-state index >= 15 is 0 Å². The molecule has 19 heteroatoms. The predicted molar refractivity (Wildman–Crippen MR) is 274 cm³/mol. The van der Waals surface area contributed by atoms with Gasteiger partial charge in [0.2, 0.25) is 5.88 Å². The van der Waals surface area contributed by atoms with Crippen LogP contribution in [0.25, 0.3) is 16.6 Å². The number of nitro groups is 1. The third-order valence-electron chi connectivity index (χ3n) is 14.2. The van der Waals surface area contributed by atoms with Crippen molar-refractivity contribution in [2.75, 3.05) is 107 Å². The fourth-order valence-corrected chi connectivity index (χ4v) is 12.6. The van der Waals surface area contributed by atoms with Crippen LogP contribution in [0.4, 0.5) is 28.4 Å². The number of likely N-dealkylation sites (N-methyl/N-ethyl adjacent to an activating group) is 1. The monoisotopic (exact) mass is 994 g/mol. The highest BCUT2D eigenvalue weighted by Crippen LogP contribution is 2.45. The first-order valence-corrected chi connectivity index (χ1v) is 26.7.